The zero-order chi connectivity index (χ0) is 14.5. The summed E-state index contributed by atoms with van der Waals surface area (Å²) in [7, 11) is 0. The smallest absolute Gasteiger partial charge is 0.307 e. The molecular formula is C15H10ClNO2S. The first-order valence-corrected chi connectivity index (χ1v) is 6.96. The number of carbonyl (C=O) groups is 1. The van der Waals surface area contributed by atoms with Crippen molar-refractivity contribution < 1.29 is 9.90 Å². The largest absolute Gasteiger partial charge is 0.481 e. The minimum absolute atomic E-state index is 0.0827. The standard InChI is InChI=1S/C15H10ClNO2S/c16-14-8-13(6-3-11(14)7-15(18)19)20-12-4-1-10(9-17)2-5-12/h1-6,8H,7H2,(H,18,19). The van der Waals surface area contributed by atoms with Crippen LogP contribution in [0.25, 0.3) is 0 Å². The number of hydrogen-bond acceptors (Lipinski definition) is 3. The van der Waals surface area contributed by atoms with Crippen LogP contribution in [0.3, 0.4) is 0 Å². The van der Waals surface area contributed by atoms with Gasteiger partial charge in [-0.2, -0.15) is 5.26 Å². The predicted octanol–water partition coefficient (Wildman–Crippen LogP) is 3.99. The van der Waals surface area contributed by atoms with Gasteiger partial charge in [0, 0.05) is 14.8 Å². The SMILES string of the molecule is N#Cc1ccc(Sc2ccc(CC(=O)O)c(Cl)c2)cc1. The fraction of sp³-hybridized carbons (Fsp3) is 0.0667. The van der Waals surface area contributed by atoms with Gasteiger partial charge in [0.25, 0.3) is 0 Å². The van der Waals surface area contributed by atoms with E-state index in [0.29, 0.717) is 16.1 Å². The second kappa shape index (κ2) is 6.47. The lowest BCUT2D eigenvalue weighted by atomic mass is 10.1. The summed E-state index contributed by atoms with van der Waals surface area (Å²) in [5.74, 6) is -0.903. The van der Waals surface area contributed by atoms with Crippen molar-refractivity contribution in [3.05, 3.63) is 58.6 Å². The maximum atomic E-state index is 10.7. The third kappa shape index (κ3) is 3.77. The van der Waals surface area contributed by atoms with E-state index < -0.39 is 5.97 Å². The summed E-state index contributed by atoms with van der Waals surface area (Å²) in [6.45, 7) is 0. The van der Waals surface area contributed by atoms with E-state index in [4.69, 9.17) is 22.0 Å². The van der Waals surface area contributed by atoms with Gasteiger partial charge in [-0.05, 0) is 42.0 Å². The lowest BCUT2D eigenvalue weighted by Gasteiger charge is -2.05. The molecule has 0 unspecified atom stereocenters. The van der Waals surface area contributed by atoms with Gasteiger partial charge in [0.15, 0.2) is 0 Å². The van der Waals surface area contributed by atoms with Crippen molar-refractivity contribution in [2.45, 2.75) is 16.2 Å². The molecule has 0 bridgehead atoms. The quantitative estimate of drug-likeness (QED) is 0.927. The van der Waals surface area contributed by atoms with Crippen LogP contribution >= 0.6 is 23.4 Å². The van der Waals surface area contributed by atoms with E-state index in [1.165, 1.54) is 11.8 Å². The molecule has 0 aliphatic rings. The Kier molecular flexibility index (Phi) is 4.67. The molecule has 0 aromatic heterocycles. The summed E-state index contributed by atoms with van der Waals surface area (Å²) < 4.78 is 0. The van der Waals surface area contributed by atoms with Gasteiger partial charge in [-0.25, -0.2) is 0 Å². The molecule has 0 spiro atoms. The monoisotopic (exact) mass is 303 g/mol. The second-order valence-corrected chi connectivity index (χ2v) is 5.62. The van der Waals surface area contributed by atoms with E-state index in [0.717, 1.165) is 9.79 Å². The number of carboxylic acids is 1. The molecular weight excluding hydrogens is 294 g/mol. The number of rotatable bonds is 4. The predicted molar refractivity (Wildman–Crippen MR) is 78.1 cm³/mol. The Morgan fingerprint density at radius 1 is 1.20 bits per heavy atom. The third-order valence-electron chi connectivity index (χ3n) is 2.59. The Hall–Kier alpha value is -1.96. The molecule has 20 heavy (non-hydrogen) atoms. The van der Waals surface area contributed by atoms with E-state index in [1.54, 1.807) is 24.3 Å². The first-order valence-electron chi connectivity index (χ1n) is 5.77. The van der Waals surface area contributed by atoms with Gasteiger partial charge < -0.3 is 5.11 Å². The van der Waals surface area contributed by atoms with Crippen molar-refractivity contribution >= 4 is 29.3 Å². The molecule has 0 saturated carbocycles. The zero-order valence-electron chi connectivity index (χ0n) is 10.3. The van der Waals surface area contributed by atoms with Crippen LogP contribution in [0.15, 0.2) is 52.3 Å². The third-order valence-corrected chi connectivity index (χ3v) is 3.93. The van der Waals surface area contributed by atoms with Crippen molar-refractivity contribution in [2.24, 2.45) is 0 Å². The molecule has 0 atom stereocenters. The van der Waals surface area contributed by atoms with E-state index in [9.17, 15) is 4.79 Å². The molecule has 0 amide bonds. The fourth-order valence-corrected chi connectivity index (χ4v) is 2.80. The number of carboxylic acid groups (broad SMARTS) is 1. The number of aliphatic carboxylic acids is 1. The summed E-state index contributed by atoms with van der Waals surface area (Å²) in [4.78, 5) is 12.6. The molecule has 2 aromatic rings. The average molecular weight is 304 g/mol. The topological polar surface area (TPSA) is 61.1 Å². The van der Waals surface area contributed by atoms with Crippen LogP contribution in [-0.2, 0) is 11.2 Å². The van der Waals surface area contributed by atoms with Gasteiger partial charge in [-0.1, -0.05) is 29.4 Å². The number of hydrogen-bond donors (Lipinski definition) is 1. The summed E-state index contributed by atoms with van der Waals surface area (Å²) >= 11 is 7.57. The van der Waals surface area contributed by atoms with Gasteiger partial charge >= 0.3 is 5.97 Å². The van der Waals surface area contributed by atoms with E-state index >= 15 is 0 Å². The molecule has 3 nitrogen and oxygen atoms in total. The molecule has 0 aliphatic carbocycles. The van der Waals surface area contributed by atoms with Crippen LogP contribution in [0.1, 0.15) is 11.1 Å². The van der Waals surface area contributed by atoms with Crippen molar-refractivity contribution in [3.8, 4) is 6.07 Å². The molecule has 0 fully saturated rings. The van der Waals surface area contributed by atoms with Crippen molar-refractivity contribution in [1.29, 1.82) is 5.26 Å². The maximum Gasteiger partial charge on any atom is 0.307 e. The van der Waals surface area contributed by atoms with Gasteiger partial charge in [0.1, 0.15) is 0 Å². The van der Waals surface area contributed by atoms with Crippen molar-refractivity contribution in [3.63, 3.8) is 0 Å². The molecule has 0 aliphatic heterocycles. The Labute approximate surface area is 125 Å². The molecule has 2 aromatic carbocycles. The minimum atomic E-state index is -0.903. The lowest BCUT2D eigenvalue weighted by Crippen LogP contribution is -2.00. The summed E-state index contributed by atoms with van der Waals surface area (Å²) in [6, 6.07) is 14.6. The van der Waals surface area contributed by atoms with Crippen LogP contribution < -0.4 is 0 Å². The Balaban J connectivity index is 2.15. The summed E-state index contributed by atoms with van der Waals surface area (Å²) in [5.41, 5.74) is 1.22. The molecule has 2 rings (SSSR count). The minimum Gasteiger partial charge on any atom is -0.481 e. The van der Waals surface area contributed by atoms with E-state index in [2.05, 4.69) is 6.07 Å². The van der Waals surface area contributed by atoms with Gasteiger partial charge in [0.2, 0.25) is 0 Å². The average Bonchev–Trinajstić information content (AvgIpc) is 2.42. The van der Waals surface area contributed by atoms with Crippen LogP contribution in [0, 0.1) is 11.3 Å². The van der Waals surface area contributed by atoms with Crippen molar-refractivity contribution in [1.82, 2.24) is 0 Å². The highest BCUT2D eigenvalue weighted by Gasteiger charge is 2.07. The molecule has 5 heteroatoms. The number of nitriles is 1. The van der Waals surface area contributed by atoms with Crippen LogP contribution in [0.5, 0.6) is 0 Å². The molecule has 100 valence electrons. The fourth-order valence-electron chi connectivity index (χ4n) is 1.63. The summed E-state index contributed by atoms with van der Waals surface area (Å²) in [5, 5.41) is 17.9. The highest BCUT2D eigenvalue weighted by Crippen LogP contribution is 2.31. The van der Waals surface area contributed by atoms with Gasteiger partial charge in [-0.3, -0.25) is 4.79 Å². The Bertz CT molecular complexity index is 677. The van der Waals surface area contributed by atoms with Crippen LogP contribution in [0.2, 0.25) is 5.02 Å². The first-order chi connectivity index (χ1) is 9.58. The van der Waals surface area contributed by atoms with Crippen LogP contribution in [-0.4, -0.2) is 11.1 Å². The highest BCUT2D eigenvalue weighted by molar-refractivity contribution is 7.99. The molecule has 1 N–H and O–H groups in total. The van der Waals surface area contributed by atoms with Gasteiger partial charge in [-0.15, -0.1) is 0 Å². The number of benzene rings is 2. The van der Waals surface area contributed by atoms with Gasteiger partial charge in [0.05, 0.1) is 18.1 Å². The second-order valence-electron chi connectivity index (χ2n) is 4.06. The summed E-state index contributed by atoms with van der Waals surface area (Å²) in [6.07, 6.45) is -0.0827. The van der Waals surface area contributed by atoms with E-state index in [1.807, 2.05) is 18.2 Å². The molecule has 0 saturated heterocycles. The number of nitrogens with zero attached hydrogens (tertiary/aromatic N) is 1. The molecule has 0 radical (unpaired) electrons. The molecule has 0 heterocycles. The van der Waals surface area contributed by atoms with Crippen LogP contribution in [0.4, 0.5) is 0 Å². The first kappa shape index (κ1) is 14.4. The zero-order valence-corrected chi connectivity index (χ0v) is 11.9. The number of halogens is 1. The Morgan fingerprint density at radius 3 is 2.40 bits per heavy atom. The highest BCUT2D eigenvalue weighted by atomic mass is 35.5. The normalized spacial score (nSPS) is 10.0. The lowest BCUT2D eigenvalue weighted by molar-refractivity contribution is -0.136. The Morgan fingerprint density at radius 2 is 1.85 bits per heavy atom. The van der Waals surface area contributed by atoms with E-state index in [-0.39, 0.29) is 6.42 Å². The maximum absolute atomic E-state index is 10.7. The van der Waals surface area contributed by atoms with Crippen molar-refractivity contribution in [2.75, 3.05) is 0 Å².